The van der Waals surface area contributed by atoms with Crippen molar-refractivity contribution in [2.75, 3.05) is 18.9 Å². The number of hydrogen-bond donors (Lipinski definition) is 2. The Morgan fingerprint density at radius 3 is 2.74 bits per heavy atom. The van der Waals surface area contributed by atoms with Gasteiger partial charge in [0.15, 0.2) is 0 Å². The number of aliphatic hydroxyl groups is 1. The maximum Gasteiger partial charge on any atom is 0.249 e. The van der Waals surface area contributed by atoms with Gasteiger partial charge in [0, 0.05) is 25.1 Å². The molecule has 1 aliphatic heterocycles. The molecule has 2 atom stereocenters. The Labute approximate surface area is 134 Å². The highest BCUT2D eigenvalue weighted by Gasteiger charge is 2.37. The maximum atomic E-state index is 12.3. The van der Waals surface area contributed by atoms with E-state index in [1.807, 2.05) is 29.9 Å². The first kappa shape index (κ1) is 15.5. The molecule has 1 aromatic carbocycles. The molecule has 23 heavy (non-hydrogen) atoms. The zero-order chi connectivity index (χ0) is 16.4. The van der Waals surface area contributed by atoms with Crippen molar-refractivity contribution in [3.63, 3.8) is 0 Å². The van der Waals surface area contributed by atoms with Crippen LogP contribution < -0.4 is 5.73 Å². The molecule has 0 saturated carbocycles. The number of imidazole rings is 1. The molecule has 3 rings (SSSR count). The zero-order valence-corrected chi connectivity index (χ0v) is 12.9. The summed E-state index contributed by atoms with van der Waals surface area (Å²) < 4.78 is 7.54. The molecule has 1 amide bonds. The van der Waals surface area contributed by atoms with E-state index in [2.05, 4.69) is 4.98 Å². The Morgan fingerprint density at radius 2 is 2.13 bits per heavy atom. The molecule has 2 heterocycles. The van der Waals surface area contributed by atoms with Crippen molar-refractivity contribution in [2.45, 2.75) is 18.7 Å². The lowest BCUT2D eigenvalue weighted by Crippen LogP contribution is -2.52. The number of aryl methyl sites for hydroxylation is 1. The number of nitrogens with two attached hydrogens (primary N) is 1. The molecule has 7 nitrogen and oxygen atoms in total. The van der Waals surface area contributed by atoms with Gasteiger partial charge < -0.3 is 25.0 Å². The van der Waals surface area contributed by atoms with Crippen LogP contribution >= 0.6 is 0 Å². The van der Waals surface area contributed by atoms with Crippen LogP contribution in [0, 0.1) is 0 Å². The number of carbonyl (C=O) groups is 1. The fourth-order valence-corrected chi connectivity index (χ4v) is 2.81. The highest BCUT2D eigenvalue weighted by molar-refractivity contribution is 5.78. The zero-order valence-electron chi connectivity index (χ0n) is 12.9. The van der Waals surface area contributed by atoms with E-state index in [-0.39, 0.29) is 19.1 Å². The predicted molar refractivity (Wildman–Crippen MR) is 84.2 cm³/mol. The van der Waals surface area contributed by atoms with Crippen molar-refractivity contribution in [3.8, 4) is 0 Å². The van der Waals surface area contributed by atoms with Gasteiger partial charge in [0.1, 0.15) is 18.5 Å². The highest BCUT2D eigenvalue weighted by Crippen LogP contribution is 2.30. The number of aliphatic hydroxyl groups excluding tert-OH is 1. The minimum atomic E-state index is -0.462. The van der Waals surface area contributed by atoms with Gasteiger partial charge in [0.25, 0.3) is 0 Å². The summed E-state index contributed by atoms with van der Waals surface area (Å²) in [6, 6.07) is 6.82. The molecule has 1 aliphatic rings. The van der Waals surface area contributed by atoms with Gasteiger partial charge in [-0.25, -0.2) is 4.98 Å². The average Bonchev–Trinajstić information content (AvgIpc) is 2.95. The topological polar surface area (TPSA) is 93.6 Å². The molecule has 0 spiro atoms. The third-order valence-electron chi connectivity index (χ3n) is 4.14. The van der Waals surface area contributed by atoms with Crippen LogP contribution in [0.5, 0.6) is 0 Å². The number of morpholine rings is 1. The summed E-state index contributed by atoms with van der Waals surface area (Å²) in [5.74, 6) is 0.605. The van der Waals surface area contributed by atoms with E-state index in [1.54, 1.807) is 23.2 Å². The van der Waals surface area contributed by atoms with E-state index in [0.29, 0.717) is 12.2 Å². The number of amides is 1. The Hall–Kier alpha value is -2.38. The Kier molecular flexibility index (Phi) is 4.31. The van der Waals surface area contributed by atoms with Crippen LogP contribution in [-0.2, 0) is 23.1 Å². The molecule has 7 heteroatoms. The SMILES string of the molecule is Cn1ccnc1CN1C(=O)COC(c2ccc(N)cc2)C1CO. The lowest BCUT2D eigenvalue weighted by Gasteiger charge is -2.40. The second-order valence-corrected chi connectivity index (χ2v) is 5.62. The second kappa shape index (κ2) is 6.39. The third kappa shape index (κ3) is 3.06. The van der Waals surface area contributed by atoms with E-state index in [9.17, 15) is 9.90 Å². The summed E-state index contributed by atoms with van der Waals surface area (Å²) in [6.45, 7) is 0.129. The van der Waals surface area contributed by atoms with E-state index in [0.717, 1.165) is 11.4 Å². The summed E-state index contributed by atoms with van der Waals surface area (Å²) in [5.41, 5.74) is 7.26. The highest BCUT2D eigenvalue weighted by atomic mass is 16.5. The predicted octanol–water partition coefficient (Wildman–Crippen LogP) is 0.463. The number of nitrogens with zero attached hydrogens (tertiary/aromatic N) is 3. The number of nitrogen functional groups attached to an aromatic ring is 1. The summed E-state index contributed by atoms with van der Waals surface area (Å²) in [4.78, 5) is 18.1. The van der Waals surface area contributed by atoms with E-state index < -0.39 is 12.1 Å². The lowest BCUT2D eigenvalue weighted by atomic mass is 9.99. The van der Waals surface area contributed by atoms with Crippen molar-refractivity contribution >= 4 is 11.6 Å². The largest absolute Gasteiger partial charge is 0.399 e. The smallest absolute Gasteiger partial charge is 0.249 e. The average molecular weight is 316 g/mol. The molecule has 3 N–H and O–H groups in total. The molecule has 122 valence electrons. The van der Waals surface area contributed by atoms with Crippen molar-refractivity contribution in [1.29, 1.82) is 0 Å². The van der Waals surface area contributed by atoms with Gasteiger partial charge in [-0.3, -0.25) is 4.79 Å². The minimum Gasteiger partial charge on any atom is -0.399 e. The van der Waals surface area contributed by atoms with E-state index in [4.69, 9.17) is 10.5 Å². The third-order valence-corrected chi connectivity index (χ3v) is 4.14. The van der Waals surface area contributed by atoms with Crippen molar-refractivity contribution in [2.24, 2.45) is 7.05 Å². The number of rotatable bonds is 4. The fraction of sp³-hybridized carbons (Fsp3) is 0.375. The number of benzene rings is 1. The first-order valence-electron chi connectivity index (χ1n) is 7.43. The quantitative estimate of drug-likeness (QED) is 0.800. The fourth-order valence-electron chi connectivity index (χ4n) is 2.81. The number of hydrogen-bond acceptors (Lipinski definition) is 5. The number of aromatic nitrogens is 2. The molecule has 2 aromatic rings. The van der Waals surface area contributed by atoms with Crippen LogP contribution in [0.2, 0.25) is 0 Å². The van der Waals surface area contributed by atoms with Crippen LogP contribution in [0.3, 0.4) is 0 Å². The first-order valence-corrected chi connectivity index (χ1v) is 7.43. The van der Waals surface area contributed by atoms with Gasteiger partial charge in [-0.1, -0.05) is 12.1 Å². The maximum absolute atomic E-state index is 12.3. The molecule has 0 radical (unpaired) electrons. The molecule has 1 fully saturated rings. The van der Waals surface area contributed by atoms with Gasteiger partial charge in [0.2, 0.25) is 5.91 Å². The summed E-state index contributed by atoms with van der Waals surface area (Å²) in [6.07, 6.45) is 3.12. The lowest BCUT2D eigenvalue weighted by molar-refractivity contribution is -0.162. The van der Waals surface area contributed by atoms with Crippen LogP contribution in [0.15, 0.2) is 36.7 Å². The molecule has 2 unspecified atom stereocenters. The van der Waals surface area contributed by atoms with Gasteiger partial charge in [-0.2, -0.15) is 0 Å². The van der Waals surface area contributed by atoms with Crippen LogP contribution in [0.1, 0.15) is 17.5 Å². The van der Waals surface area contributed by atoms with E-state index in [1.165, 1.54) is 0 Å². The van der Waals surface area contributed by atoms with Crippen molar-refractivity contribution in [3.05, 3.63) is 48.0 Å². The Balaban J connectivity index is 1.87. The summed E-state index contributed by atoms with van der Waals surface area (Å²) >= 11 is 0. The Morgan fingerprint density at radius 1 is 1.39 bits per heavy atom. The van der Waals surface area contributed by atoms with Gasteiger partial charge in [-0.05, 0) is 17.7 Å². The first-order chi connectivity index (χ1) is 11.1. The molecule has 0 bridgehead atoms. The normalized spacial score (nSPS) is 21.7. The summed E-state index contributed by atoms with van der Waals surface area (Å²) in [5, 5.41) is 9.84. The van der Waals surface area contributed by atoms with Crippen LogP contribution in [0.25, 0.3) is 0 Å². The monoisotopic (exact) mass is 316 g/mol. The van der Waals surface area contributed by atoms with E-state index >= 15 is 0 Å². The van der Waals surface area contributed by atoms with Crippen LogP contribution in [-0.4, -0.2) is 44.7 Å². The van der Waals surface area contributed by atoms with Crippen LogP contribution in [0.4, 0.5) is 5.69 Å². The number of ether oxygens (including phenoxy) is 1. The molecule has 1 aromatic heterocycles. The van der Waals surface area contributed by atoms with Crippen molar-refractivity contribution in [1.82, 2.24) is 14.5 Å². The Bertz CT molecular complexity index is 683. The molecule has 0 aliphatic carbocycles. The van der Waals surface area contributed by atoms with Gasteiger partial charge >= 0.3 is 0 Å². The minimum absolute atomic E-state index is 0.0179. The van der Waals surface area contributed by atoms with Crippen molar-refractivity contribution < 1.29 is 14.6 Å². The molecular formula is C16H20N4O3. The van der Waals surface area contributed by atoms with Gasteiger partial charge in [0.05, 0.1) is 19.2 Å². The molecule has 1 saturated heterocycles. The second-order valence-electron chi connectivity index (χ2n) is 5.62. The number of anilines is 1. The summed E-state index contributed by atoms with van der Waals surface area (Å²) in [7, 11) is 1.87. The standard InChI is InChI=1S/C16H20N4O3/c1-19-7-6-18-14(19)8-20-13(9-21)16(23-10-15(20)22)11-2-4-12(17)5-3-11/h2-7,13,16,21H,8-10,17H2,1H3. The van der Waals surface area contributed by atoms with Gasteiger partial charge in [-0.15, -0.1) is 0 Å². The number of carbonyl (C=O) groups excluding carboxylic acids is 1. The molecular weight excluding hydrogens is 296 g/mol.